The molecule has 0 unspecified atom stereocenters. The van der Waals surface area contributed by atoms with Crippen LogP contribution in [0, 0.1) is 45.9 Å². The maximum Gasteiger partial charge on any atom is 0.271 e. The molecule has 0 radical (unpaired) electrons. The van der Waals surface area contributed by atoms with Crippen LogP contribution in [-0.4, -0.2) is 29.9 Å². The number of benzene rings is 4. The molecule has 0 aromatic heterocycles. The first-order valence-corrected chi connectivity index (χ1v) is 14.0. The third-order valence-electron chi connectivity index (χ3n) is 5.78. The molecule has 0 saturated heterocycles. The Morgan fingerprint density at radius 3 is 1.18 bits per heavy atom. The van der Waals surface area contributed by atoms with Gasteiger partial charge in [0.05, 0.1) is 23.5 Å². The zero-order chi connectivity index (χ0) is 29.2. The van der Waals surface area contributed by atoms with Crippen molar-refractivity contribution in [3.05, 3.63) is 96.1 Å². The van der Waals surface area contributed by atoms with E-state index >= 15 is 0 Å². The van der Waals surface area contributed by atoms with E-state index in [4.69, 9.17) is 0 Å². The van der Waals surface area contributed by atoms with Crippen LogP contribution in [0.5, 0.6) is 0 Å². The molecule has 4 aromatic carbocycles. The molecular formula is C26H16F4N4O4S2. The Labute approximate surface area is 226 Å². The highest BCUT2D eigenvalue weighted by atomic mass is 32.2. The summed E-state index contributed by atoms with van der Waals surface area (Å²) in [7, 11) is -10.0. The molecule has 0 spiro atoms. The maximum atomic E-state index is 14.5. The van der Waals surface area contributed by atoms with Crippen molar-refractivity contribution in [3.8, 4) is 12.1 Å². The topological polar surface area (TPSA) is 122 Å². The van der Waals surface area contributed by atoms with Crippen LogP contribution in [0.3, 0.4) is 0 Å². The summed E-state index contributed by atoms with van der Waals surface area (Å²) < 4.78 is 113. The first kappa shape index (κ1) is 28.4. The summed E-state index contributed by atoms with van der Waals surface area (Å²) in [6.07, 6.45) is 0. The Balaban J connectivity index is 1.99. The van der Waals surface area contributed by atoms with Gasteiger partial charge in [0, 0.05) is 10.8 Å². The molecule has 0 atom stereocenters. The number of sulfonamides is 2. The largest absolute Gasteiger partial charge is 0.271 e. The van der Waals surface area contributed by atoms with Gasteiger partial charge in [-0.1, -0.05) is 36.4 Å². The van der Waals surface area contributed by atoms with Crippen LogP contribution in [-0.2, 0) is 20.0 Å². The average Bonchev–Trinajstić information content (AvgIpc) is 2.89. The molecule has 204 valence electrons. The lowest BCUT2D eigenvalue weighted by atomic mass is 10.1. The van der Waals surface area contributed by atoms with E-state index in [1.54, 1.807) is 12.1 Å². The summed E-state index contributed by atoms with van der Waals surface area (Å²) >= 11 is 0. The Morgan fingerprint density at radius 2 is 0.875 bits per heavy atom. The summed E-state index contributed by atoms with van der Waals surface area (Å²) in [6, 6.07) is 15.8. The molecule has 0 fully saturated rings. The number of hydrogen-bond acceptors (Lipinski definition) is 6. The maximum absolute atomic E-state index is 14.5. The number of fused-ring (bicyclic) bond motifs is 1. The van der Waals surface area contributed by atoms with E-state index in [0.717, 1.165) is 48.5 Å². The SMILES string of the molecule is N#CCN(c1ccc(N(CC#N)S(=O)(=O)c2c(F)cccc2F)c2ccccc12)S(=O)(=O)c1c(F)cccc1F. The lowest BCUT2D eigenvalue weighted by molar-refractivity contribution is 0.516. The molecule has 0 heterocycles. The number of anilines is 2. The molecule has 14 heteroatoms. The predicted octanol–water partition coefficient (Wildman–Crippen LogP) is 4.83. The summed E-state index contributed by atoms with van der Waals surface area (Å²) in [5.74, 6) is -5.60. The Bertz CT molecular complexity index is 1760. The van der Waals surface area contributed by atoms with Crippen molar-refractivity contribution in [1.29, 1.82) is 10.5 Å². The van der Waals surface area contributed by atoms with Gasteiger partial charge in [-0.3, -0.25) is 8.61 Å². The zero-order valence-corrected chi connectivity index (χ0v) is 21.7. The van der Waals surface area contributed by atoms with Crippen LogP contribution in [0.25, 0.3) is 10.8 Å². The van der Waals surface area contributed by atoms with Crippen molar-refractivity contribution >= 4 is 42.2 Å². The molecule has 4 rings (SSSR count). The number of nitrogens with zero attached hydrogens (tertiary/aromatic N) is 4. The summed E-state index contributed by atoms with van der Waals surface area (Å²) in [4.78, 5) is -2.61. The number of hydrogen-bond donors (Lipinski definition) is 0. The molecule has 0 aliphatic heterocycles. The zero-order valence-electron chi connectivity index (χ0n) is 20.1. The fraction of sp³-hybridized carbons (Fsp3) is 0.0769. The van der Waals surface area contributed by atoms with E-state index in [9.17, 15) is 44.9 Å². The minimum Gasteiger partial charge on any atom is -0.251 e. The molecule has 0 aliphatic rings. The Morgan fingerprint density at radius 1 is 0.550 bits per heavy atom. The van der Waals surface area contributed by atoms with Crippen molar-refractivity contribution in [2.45, 2.75) is 9.79 Å². The van der Waals surface area contributed by atoms with Crippen LogP contribution in [0.4, 0.5) is 28.9 Å². The van der Waals surface area contributed by atoms with Gasteiger partial charge in [-0.05, 0) is 36.4 Å². The number of rotatable bonds is 8. The fourth-order valence-corrected chi connectivity index (χ4v) is 7.10. The standard InChI is InChI=1S/C26H16F4N4O4S2/c27-19-7-3-8-20(28)25(19)39(35,36)33(15-13-31)23-11-12-24(18-6-2-1-5-17(18)23)34(16-14-32)40(37,38)26-21(29)9-4-10-22(26)30/h1-12H,15-16H2. The van der Waals surface area contributed by atoms with E-state index in [0.29, 0.717) is 8.61 Å². The Kier molecular flexibility index (Phi) is 7.68. The van der Waals surface area contributed by atoms with Gasteiger partial charge in [-0.25, -0.2) is 34.4 Å². The van der Waals surface area contributed by atoms with E-state index in [1.807, 2.05) is 0 Å². The van der Waals surface area contributed by atoms with Crippen molar-refractivity contribution in [1.82, 2.24) is 0 Å². The average molecular weight is 589 g/mol. The normalized spacial score (nSPS) is 11.6. The lowest BCUT2D eigenvalue weighted by Gasteiger charge is -2.27. The van der Waals surface area contributed by atoms with E-state index < -0.39 is 66.2 Å². The van der Waals surface area contributed by atoms with Crippen LogP contribution >= 0.6 is 0 Å². The van der Waals surface area contributed by atoms with Gasteiger partial charge in [-0.15, -0.1) is 0 Å². The Hall–Kier alpha value is -4.66. The molecule has 4 aromatic rings. The molecular weight excluding hydrogens is 572 g/mol. The van der Waals surface area contributed by atoms with E-state index in [1.165, 1.54) is 24.3 Å². The molecule has 40 heavy (non-hydrogen) atoms. The molecule has 8 nitrogen and oxygen atoms in total. The van der Waals surface area contributed by atoms with Gasteiger partial charge < -0.3 is 0 Å². The third-order valence-corrected chi connectivity index (χ3v) is 9.40. The van der Waals surface area contributed by atoms with Crippen molar-refractivity contribution in [2.75, 3.05) is 21.7 Å². The van der Waals surface area contributed by atoms with Gasteiger partial charge in [0.1, 0.15) is 36.4 Å². The lowest BCUT2D eigenvalue weighted by Crippen LogP contribution is -2.34. The second-order valence-corrected chi connectivity index (χ2v) is 11.7. The minimum atomic E-state index is -5.02. The number of halogens is 4. The molecule has 0 aliphatic carbocycles. The fourth-order valence-electron chi connectivity index (χ4n) is 4.11. The van der Waals surface area contributed by atoms with Crippen molar-refractivity contribution in [3.63, 3.8) is 0 Å². The predicted molar refractivity (Wildman–Crippen MR) is 137 cm³/mol. The quantitative estimate of drug-likeness (QED) is 0.215. The first-order chi connectivity index (χ1) is 19.0. The monoisotopic (exact) mass is 588 g/mol. The van der Waals surface area contributed by atoms with Crippen molar-refractivity contribution in [2.24, 2.45) is 0 Å². The summed E-state index contributed by atoms with van der Waals surface area (Å²) in [5, 5.41) is 18.7. The molecule has 0 bridgehead atoms. The summed E-state index contributed by atoms with van der Waals surface area (Å²) in [6.45, 7) is -1.78. The molecule has 0 amide bonds. The smallest absolute Gasteiger partial charge is 0.251 e. The van der Waals surface area contributed by atoms with Crippen LogP contribution in [0.1, 0.15) is 0 Å². The second-order valence-electron chi connectivity index (χ2n) is 8.09. The molecule has 0 N–H and O–H groups in total. The highest BCUT2D eigenvalue weighted by Gasteiger charge is 2.35. The van der Waals surface area contributed by atoms with Gasteiger partial charge in [-0.2, -0.15) is 10.5 Å². The van der Waals surface area contributed by atoms with Gasteiger partial charge in [0.25, 0.3) is 20.0 Å². The van der Waals surface area contributed by atoms with Crippen LogP contribution in [0.15, 0.2) is 82.6 Å². The molecule has 0 saturated carbocycles. The van der Waals surface area contributed by atoms with Crippen LogP contribution in [0.2, 0.25) is 0 Å². The van der Waals surface area contributed by atoms with Gasteiger partial charge in [0.2, 0.25) is 0 Å². The number of nitriles is 2. The highest BCUT2D eigenvalue weighted by Crippen LogP contribution is 2.39. The van der Waals surface area contributed by atoms with E-state index in [2.05, 4.69) is 0 Å². The second kappa shape index (κ2) is 10.8. The minimum absolute atomic E-state index is 0.0114. The van der Waals surface area contributed by atoms with E-state index in [-0.39, 0.29) is 22.1 Å². The summed E-state index contributed by atoms with van der Waals surface area (Å²) in [5.41, 5.74) is -0.509. The third kappa shape index (κ3) is 4.79. The van der Waals surface area contributed by atoms with Gasteiger partial charge >= 0.3 is 0 Å². The first-order valence-electron chi connectivity index (χ1n) is 11.2. The van der Waals surface area contributed by atoms with Crippen LogP contribution < -0.4 is 8.61 Å². The van der Waals surface area contributed by atoms with Gasteiger partial charge in [0.15, 0.2) is 9.79 Å². The van der Waals surface area contributed by atoms with Crippen molar-refractivity contribution < 1.29 is 34.4 Å². The highest BCUT2D eigenvalue weighted by molar-refractivity contribution is 7.93.